The van der Waals surface area contributed by atoms with Crippen LogP contribution in [0.1, 0.15) is 5.56 Å². The van der Waals surface area contributed by atoms with Crippen molar-refractivity contribution < 1.29 is 8.83 Å². The summed E-state index contributed by atoms with van der Waals surface area (Å²) in [6, 6.07) is 37.5. The van der Waals surface area contributed by atoms with Gasteiger partial charge in [-0.15, -0.1) is 20.4 Å². The molecule has 0 unspecified atom stereocenters. The topological polar surface area (TPSA) is 153 Å². The largest absolute Gasteiger partial charge is 0.415 e. The van der Waals surface area contributed by atoms with Crippen molar-refractivity contribution in [3.63, 3.8) is 0 Å². The molecule has 0 amide bonds. The number of rotatable bonds is 7. The van der Waals surface area contributed by atoms with Gasteiger partial charge in [-0.05, 0) is 90.0 Å². The summed E-state index contributed by atoms with van der Waals surface area (Å²) in [7, 11) is 0. The third-order valence-corrected chi connectivity index (χ3v) is 7.42. The molecule has 11 nitrogen and oxygen atoms in total. The Balaban J connectivity index is 1.18. The predicted octanol–water partition coefficient (Wildman–Crippen LogP) is 7.57. The zero-order valence-corrected chi connectivity index (χ0v) is 25.0. The van der Waals surface area contributed by atoms with Gasteiger partial charge >= 0.3 is 0 Å². The second-order valence-corrected chi connectivity index (χ2v) is 10.6. The van der Waals surface area contributed by atoms with Crippen molar-refractivity contribution in [1.82, 2.24) is 40.3 Å². The molecular weight excluding hydrogens is 602 g/mol. The fourth-order valence-electron chi connectivity index (χ4n) is 5.09. The highest BCUT2D eigenvalue weighted by Gasteiger charge is 2.19. The molecule has 6 heterocycles. The van der Waals surface area contributed by atoms with E-state index >= 15 is 0 Å². The van der Waals surface area contributed by atoms with Gasteiger partial charge in [0.1, 0.15) is 11.4 Å². The molecule has 8 rings (SSSR count). The van der Waals surface area contributed by atoms with Crippen LogP contribution in [-0.4, -0.2) is 40.3 Å². The van der Waals surface area contributed by atoms with E-state index in [1.54, 1.807) is 36.7 Å². The van der Waals surface area contributed by atoms with E-state index in [1.165, 1.54) is 0 Å². The SMILES string of the molecule is N#Cc1ccc(-c2cc(-c3nnc(-c4cccc(-c5ccccn5)n4)o3)cc(-c3nnc(-c4cccc(-c5ccccn5)n4)o3)c2)cc1. The average molecular weight is 624 g/mol. The van der Waals surface area contributed by atoms with E-state index < -0.39 is 0 Å². The van der Waals surface area contributed by atoms with Crippen LogP contribution in [0.5, 0.6) is 0 Å². The van der Waals surface area contributed by atoms with E-state index in [2.05, 4.69) is 36.4 Å². The van der Waals surface area contributed by atoms with Crippen LogP contribution >= 0.6 is 0 Å². The summed E-state index contributed by atoms with van der Waals surface area (Å²) >= 11 is 0. The first-order chi connectivity index (χ1) is 23.7. The zero-order valence-electron chi connectivity index (χ0n) is 25.0. The molecule has 0 atom stereocenters. The first-order valence-corrected chi connectivity index (χ1v) is 14.8. The molecule has 48 heavy (non-hydrogen) atoms. The van der Waals surface area contributed by atoms with Crippen molar-refractivity contribution in [3.8, 4) is 86.0 Å². The Morgan fingerprint density at radius 2 is 0.875 bits per heavy atom. The van der Waals surface area contributed by atoms with Crippen LogP contribution in [0, 0.1) is 11.3 Å². The van der Waals surface area contributed by atoms with Crippen LogP contribution in [0.4, 0.5) is 0 Å². The number of nitrogens with zero attached hydrogens (tertiary/aromatic N) is 9. The Kier molecular flexibility index (Phi) is 7.25. The highest BCUT2D eigenvalue weighted by atomic mass is 16.4. The maximum atomic E-state index is 9.32. The molecule has 11 heteroatoms. The second kappa shape index (κ2) is 12.3. The Hall–Kier alpha value is -7.19. The number of benzene rings is 2. The molecule has 0 fully saturated rings. The molecule has 8 aromatic rings. The van der Waals surface area contributed by atoms with Crippen LogP contribution in [0.15, 0.2) is 136 Å². The summed E-state index contributed by atoms with van der Waals surface area (Å²) in [4.78, 5) is 18.2. The monoisotopic (exact) mass is 623 g/mol. The molecule has 6 aromatic heterocycles. The van der Waals surface area contributed by atoms with Gasteiger partial charge in [-0.1, -0.05) is 36.4 Å². The molecule has 0 N–H and O–H groups in total. The van der Waals surface area contributed by atoms with Crippen LogP contribution in [0.25, 0.3) is 80.0 Å². The summed E-state index contributed by atoms with van der Waals surface area (Å²) in [6.45, 7) is 0. The normalized spacial score (nSPS) is 10.9. The van der Waals surface area contributed by atoms with Gasteiger partial charge in [0.05, 0.1) is 34.4 Å². The fraction of sp³-hybridized carbons (Fsp3) is 0. The number of pyridine rings is 4. The molecule has 0 bridgehead atoms. The smallest absolute Gasteiger partial charge is 0.266 e. The summed E-state index contributed by atoms with van der Waals surface area (Å²) < 4.78 is 12.3. The van der Waals surface area contributed by atoms with Gasteiger partial charge in [0.2, 0.25) is 11.8 Å². The van der Waals surface area contributed by atoms with Gasteiger partial charge in [0.25, 0.3) is 11.8 Å². The lowest BCUT2D eigenvalue weighted by Gasteiger charge is -2.07. The van der Waals surface area contributed by atoms with Gasteiger partial charge in [0, 0.05) is 23.5 Å². The Labute approximate surface area is 273 Å². The van der Waals surface area contributed by atoms with Crippen LogP contribution in [-0.2, 0) is 0 Å². The average Bonchev–Trinajstić information content (AvgIpc) is 3.87. The van der Waals surface area contributed by atoms with Gasteiger partial charge < -0.3 is 8.83 Å². The van der Waals surface area contributed by atoms with Crippen LogP contribution in [0.3, 0.4) is 0 Å². The molecule has 0 saturated heterocycles. The fourth-order valence-corrected chi connectivity index (χ4v) is 5.09. The third kappa shape index (κ3) is 5.68. The maximum Gasteiger partial charge on any atom is 0.266 e. The quantitative estimate of drug-likeness (QED) is 0.173. The number of nitriles is 1. The zero-order chi connectivity index (χ0) is 32.3. The molecule has 0 aliphatic carbocycles. The lowest BCUT2D eigenvalue weighted by Crippen LogP contribution is -1.89. The first-order valence-electron chi connectivity index (χ1n) is 14.8. The Morgan fingerprint density at radius 1 is 0.417 bits per heavy atom. The van der Waals surface area contributed by atoms with E-state index in [1.807, 2.05) is 91.0 Å². The van der Waals surface area contributed by atoms with Crippen LogP contribution in [0.2, 0.25) is 0 Å². The van der Waals surface area contributed by atoms with Gasteiger partial charge in [-0.25, -0.2) is 9.97 Å². The summed E-state index contributed by atoms with van der Waals surface area (Å²) in [5, 5.41) is 26.6. The lowest BCUT2D eigenvalue weighted by molar-refractivity contribution is 0.580. The van der Waals surface area contributed by atoms with E-state index in [0.29, 0.717) is 39.5 Å². The summed E-state index contributed by atoms with van der Waals surface area (Å²) in [6.07, 6.45) is 3.43. The number of aromatic nitrogens is 8. The molecule has 0 saturated carbocycles. The Bertz CT molecular complexity index is 2280. The van der Waals surface area contributed by atoms with Crippen molar-refractivity contribution in [2.24, 2.45) is 0 Å². The number of hydrogen-bond donors (Lipinski definition) is 0. The highest BCUT2D eigenvalue weighted by Crippen LogP contribution is 2.34. The van der Waals surface area contributed by atoms with Crippen molar-refractivity contribution >= 4 is 0 Å². The first kappa shape index (κ1) is 28.3. The van der Waals surface area contributed by atoms with Gasteiger partial charge in [-0.2, -0.15) is 5.26 Å². The minimum atomic E-state index is 0.257. The predicted molar refractivity (Wildman–Crippen MR) is 176 cm³/mol. The van der Waals surface area contributed by atoms with Crippen molar-refractivity contribution in [2.45, 2.75) is 0 Å². The number of hydrogen-bond acceptors (Lipinski definition) is 11. The molecule has 0 aliphatic rings. The van der Waals surface area contributed by atoms with Crippen molar-refractivity contribution in [1.29, 1.82) is 5.26 Å². The van der Waals surface area contributed by atoms with Crippen LogP contribution < -0.4 is 0 Å². The summed E-state index contributed by atoms with van der Waals surface area (Å²) in [5.74, 6) is 1.06. The minimum Gasteiger partial charge on any atom is -0.415 e. The molecule has 2 aromatic carbocycles. The van der Waals surface area contributed by atoms with E-state index in [-0.39, 0.29) is 23.6 Å². The maximum absolute atomic E-state index is 9.32. The van der Waals surface area contributed by atoms with E-state index in [9.17, 15) is 5.26 Å². The summed E-state index contributed by atoms with van der Waals surface area (Å²) in [5.41, 5.74) is 7.36. The molecule has 226 valence electrons. The van der Waals surface area contributed by atoms with Crippen molar-refractivity contribution in [3.05, 3.63) is 133 Å². The van der Waals surface area contributed by atoms with E-state index in [4.69, 9.17) is 18.8 Å². The Morgan fingerprint density at radius 3 is 1.35 bits per heavy atom. The molecule has 0 radical (unpaired) electrons. The standard InChI is InChI=1S/C37H21N9O2/c38-22-23-13-15-24(16-14-23)25-19-26(34-43-45-36(47-34)32-11-5-9-30(41-32)28-7-1-3-17-39-28)21-27(20-25)35-44-46-37(48-35)33-12-6-10-31(42-33)29-8-2-4-18-40-29/h1-21H. The second-order valence-electron chi connectivity index (χ2n) is 10.6. The molecular formula is C37H21N9O2. The third-order valence-electron chi connectivity index (χ3n) is 7.42. The minimum absolute atomic E-state index is 0.257. The molecule has 0 aliphatic heterocycles. The van der Waals surface area contributed by atoms with E-state index in [0.717, 1.165) is 22.5 Å². The van der Waals surface area contributed by atoms with Crippen molar-refractivity contribution in [2.75, 3.05) is 0 Å². The lowest BCUT2D eigenvalue weighted by atomic mass is 9.99. The molecule has 0 spiro atoms. The highest BCUT2D eigenvalue weighted by molar-refractivity contribution is 5.77. The van der Waals surface area contributed by atoms with Gasteiger partial charge in [0.15, 0.2) is 0 Å². The van der Waals surface area contributed by atoms with Gasteiger partial charge in [-0.3, -0.25) is 9.97 Å².